The number of aromatic nitrogens is 2. The Morgan fingerprint density at radius 1 is 1.52 bits per heavy atom. The summed E-state index contributed by atoms with van der Waals surface area (Å²) in [5.41, 5.74) is 0. The van der Waals surface area contributed by atoms with Crippen LogP contribution in [0.5, 0.6) is 0 Å². The van der Waals surface area contributed by atoms with E-state index in [0.29, 0.717) is 19.6 Å². The van der Waals surface area contributed by atoms with Gasteiger partial charge in [0.05, 0.1) is 12.6 Å². The summed E-state index contributed by atoms with van der Waals surface area (Å²) in [5.74, 6) is 0.757. The topological polar surface area (TPSA) is 73.5 Å². The van der Waals surface area contributed by atoms with Crippen LogP contribution in [0.4, 0.5) is 4.79 Å². The Morgan fingerprint density at radius 2 is 2.38 bits per heavy atom. The van der Waals surface area contributed by atoms with Crippen LogP contribution in [0.3, 0.4) is 0 Å². The summed E-state index contributed by atoms with van der Waals surface area (Å²) in [5, 5.41) is 2.90. The molecule has 118 valence electrons. The highest BCUT2D eigenvalue weighted by atomic mass is 16.5. The van der Waals surface area contributed by atoms with Crippen molar-refractivity contribution in [3.05, 3.63) is 18.2 Å². The fourth-order valence-corrected chi connectivity index (χ4v) is 2.30. The first-order valence-corrected chi connectivity index (χ1v) is 7.42. The molecule has 0 aliphatic carbocycles. The van der Waals surface area contributed by atoms with Crippen molar-refractivity contribution in [2.75, 3.05) is 40.3 Å². The first kappa shape index (κ1) is 15.8. The van der Waals surface area contributed by atoms with Crippen molar-refractivity contribution in [2.45, 2.75) is 25.5 Å². The third-order valence-corrected chi connectivity index (χ3v) is 3.51. The Kier molecular flexibility index (Phi) is 6.01. The number of urea groups is 1. The number of amides is 2. The van der Waals surface area contributed by atoms with E-state index in [1.807, 2.05) is 19.0 Å². The fraction of sp³-hybridized carbons (Fsp3) is 0.714. The van der Waals surface area contributed by atoms with Crippen LogP contribution < -0.4 is 5.32 Å². The molecule has 2 heterocycles. The molecular weight excluding hydrogens is 270 g/mol. The quantitative estimate of drug-likeness (QED) is 0.775. The van der Waals surface area contributed by atoms with Crippen molar-refractivity contribution in [2.24, 2.45) is 0 Å². The van der Waals surface area contributed by atoms with Gasteiger partial charge in [-0.1, -0.05) is 0 Å². The number of aromatic amines is 1. The number of hydrogen-bond acceptors (Lipinski definition) is 4. The van der Waals surface area contributed by atoms with E-state index in [4.69, 9.17) is 4.74 Å². The van der Waals surface area contributed by atoms with Crippen molar-refractivity contribution < 1.29 is 9.53 Å². The molecule has 1 aromatic heterocycles. The second-order valence-corrected chi connectivity index (χ2v) is 5.58. The number of imidazole rings is 1. The van der Waals surface area contributed by atoms with Gasteiger partial charge in [0.1, 0.15) is 5.82 Å². The molecule has 1 aliphatic heterocycles. The number of H-pyrrole nitrogens is 1. The van der Waals surface area contributed by atoms with Crippen LogP contribution in [-0.2, 0) is 11.3 Å². The van der Waals surface area contributed by atoms with Gasteiger partial charge in [-0.2, -0.15) is 0 Å². The molecule has 1 atom stereocenters. The number of likely N-dealkylation sites (N-methyl/N-ethyl adjacent to an activating group) is 1. The highest BCUT2D eigenvalue weighted by Gasteiger charge is 2.22. The Bertz CT molecular complexity index is 415. The lowest BCUT2D eigenvalue weighted by Gasteiger charge is -2.26. The first-order valence-electron chi connectivity index (χ1n) is 7.42. The van der Waals surface area contributed by atoms with Gasteiger partial charge in [0.25, 0.3) is 0 Å². The third kappa shape index (κ3) is 5.35. The predicted molar refractivity (Wildman–Crippen MR) is 79.9 cm³/mol. The highest BCUT2D eigenvalue weighted by molar-refractivity contribution is 5.74. The normalized spacial score (nSPS) is 18.1. The molecule has 7 heteroatoms. The van der Waals surface area contributed by atoms with Crippen molar-refractivity contribution in [1.29, 1.82) is 0 Å². The molecule has 1 fully saturated rings. The highest BCUT2D eigenvalue weighted by Crippen LogP contribution is 2.13. The van der Waals surface area contributed by atoms with Crippen LogP contribution in [0.1, 0.15) is 18.7 Å². The summed E-state index contributed by atoms with van der Waals surface area (Å²) in [6, 6.07) is -0.0660. The summed E-state index contributed by atoms with van der Waals surface area (Å²) < 4.78 is 5.64. The molecule has 0 unspecified atom stereocenters. The maximum absolute atomic E-state index is 12.3. The molecule has 2 rings (SSSR count). The van der Waals surface area contributed by atoms with Crippen molar-refractivity contribution >= 4 is 6.03 Å². The van der Waals surface area contributed by atoms with E-state index in [9.17, 15) is 4.79 Å². The monoisotopic (exact) mass is 295 g/mol. The van der Waals surface area contributed by atoms with E-state index in [2.05, 4.69) is 20.2 Å². The molecule has 21 heavy (non-hydrogen) atoms. The standard InChI is InChI=1S/C14H25N5O2/c1-18(2)7-8-19(11-12-4-3-9-21-12)14(20)17-10-13-15-5-6-16-13/h5-6,12H,3-4,7-11H2,1-2H3,(H,15,16)(H,17,20)/t12-/m1/s1. The number of nitrogens with zero attached hydrogens (tertiary/aromatic N) is 3. The fourth-order valence-electron chi connectivity index (χ4n) is 2.30. The summed E-state index contributed by atoms with van der Waals surface area (Å²) in [6.07, 6.45) is 5.71. The zero-order valence-electron chi connectivity index (χ0n) is 12.8. The number of carbonyl (C=O) groups is 1. The smallest absolute Gasteiger partial charge is 0.317 e. The van der Waals surface area contributed by atoms with Gasteiger partial charge < -0.3 is 24.8 Å². The second kappa shape index (κ2) is 7.99. The lowest BCUT2D eigenvalue weighted by atomic mass is 10.2. The van der Waals surface area contributed by atoms with E-state index in [0.717, 1.165) is 31.8 Å². The van der Waals surface area contributed by atoms with Gasteiger partial charge in [-0.15, -0.1) is 0 Å². The van der Waals surface area contributed by atoms with Gasteiger partial charge in [0.15, 0.2) is 0 Å². The number of hydrogen-bond donors (Lipinski definition) is 2. The Balaban J connectivity index is 1.84. The van der Waals surface area contributed by atoms with Crippen LogP contribution >= 0.6 is 0 Å². The molecule has 0 spiro atoms. The molecule has 2 N–H and O–H groups in total. The van der Waals surface area contributed by atoms with E-state index in [-0.39, 0.29) is 12.1 Å². The predicted octanol–water partition coefficient (Wildman–Crippen LogP) is 0.662. The van der Waals surface area contributed by atoms with E-state index in [1.165, 1.54) is 0 Å². The molecule has 0 bridgehead atoms. The van der Waals surface area contributed by atoms with Crippen LogP contribution in [0.15, 0.2) is 12.4 Å². The molecule has 1 saturated heterocycles. The SMILES string of the molecule is CN(C)CCN(C[C@H]1CCCO1)C(=O)NCc1ncc[nH]1. The third-order valence-electron chi connectivity index (χ3n) is 3.51. The summed E-state index contributed by atoms with van der Waals surface area (Å²) >= 11 is 0. The molecule has 0 saturated carbocycles. The second-order valence-electron chi connectivity index (χ2n) is 5.58. The Labute approximate surface area is 125 Å². The van der Waals surface area contributed by atoms with Crippen LogP contribution in [0, 0.1) is 0 Å². The van der Waals surface area contributed by atoms with Crippen molar-refractivity contribution in [3.63, 3.8) is 0 Å². The Morgan fingerprint density at radius 3 is 3.00 bits per heavy atom. The van der Waals surface area contributed by atoms with Crippen LogP contribution in [0.2, 0.25) is 0 Å². The minimum atomic E-state index is -0.0660. The van der Waals surface area contributed by atoms with Crippen molar-refractivity contribution in [3.8, 4) is 0 Å². The molecule has 1 aromatic rings. The van der Waals surface area contributed by atoms with Gasteiger partial charge >= 0.3 is 6.03 Å². The number of ether oxygens (including phenoxy) is 1. The Hall–Kier alpha value is -1.60. The molecule has 7 nitrogen and oxygen atoms in total. The maximum Gasteiger partial charge on any atom is 0.317 e. The molecule has 1 aliphatic rings. The zero-order valence-corrected chi connectivity index (χ0v) is 12.8. The van der Waals surface area contributed by atoms with Gasteiger partial charge in [0, 0.05) is 38.6 Å². The average Bonchev–Trinajstić information content (AvgIpc) is 3.13. The number of rotatable bonds is 7. The van der Waals surface area contributed by atoms with E-state index < -0.39 is 0 Å². The molecule has 0 radical (unpaired) electrons. The average molecular weight is 295 g/mol. The van der Waals surface area contributed by atoms with Gasteiger partial charge in [-0.25, -0.2) is 9.78 Å². The largest absolute Gasteiger partial charge is 0.376 e. The maximum atomic E-state index is 12.3. The molecule has 2 amide bonds. The van der Waals surface area contributed by atoms with Crippen molar-refractivity contribution in [1.82, 2.24) is 25.1 Å². The summed E-state index contributed by atoms with van der Waals surface area (Å²) in [6.45, 7) is 3.39. The minimum absolute atomic E-state index is 0.0660. The van der Waals surface area contributed by atoms with Crippen LogP contribution in [0.25, 0.3) is 0 Å². The molecular formula is C14H25N5O2. The zero-order chi connectivity index (χ0) is 15.1. The lowest BCUT2D eigenvalue weighted by molar-refractivity contribution is 0.0795. The number of carbonyl (C=O) groups excluding carboxylic acids is 1. The minimum Gasteiger partial charge on any atom is -0.376 e. The first-order chi connectivity index (χ1) is 10.1. The van der Waals surface area contributed by atoms with Gasteiger partial charge in [-0.3, -0.25) is 0 Å². The van der Waals surface area contributed by atoms with Crippen LogP contribution in [-0.4, -0.2) is 72.2 Å². The lowest BCUT2D eigenvalue weighted by Crippen LogP contribution is -2.46. The van der Waals surface area contributed by atoms with E-state index in [1.54, 1.807) is 12.4 Å². The van der Waals surface area contributed by atoms with E-state index >= 15 is 0 Å². The van der Waals surface area contributed by atoms with Gasteiger partial charge in [-0.05, 0) is 26.9 Å². The summed E-state index contributed by atoms with van der Waals surface area (Å²) in [7, 11) is 4.01. The molecule has 0 aromatic carbocycles. The number of nitrogens with one attached hydrogen (secondary N) is 2. The van der Waals surface area contributed by atoms with Gasteiger partial charge in [0.2, 0.25) is 0 Å². The summed E-state index contributed by atoms with van der Waals surface area (Å²) in [4.78, 5) is 23.3.